The highest BCUT2D eigenvalue weighted by atomic mass is 35.5. The van der Waals surface area contributed by atoms with Gasteiger partial charge in [0.2, 0.25) is 0 Å². The van der Waals surface area contributed by atoms with Crippen LogP contribution in [-0.4, -0.2) is 65.2 Å². The first-order valence-corrected chi connectivity index (χ1v) is 14.0. The molecule has 1 aliphatic rings. The Morgan fingerprint density at radius 1 is 1.05 bits per heavy atom. The molecule has 4 aromatic rings. The Bertz CT molecular complexity index is 1600. The normalized spacial score (nSPS) is 14.7. The number of H-pyrrole nitrogens is 1. The van der Waals surface area contributed by atoms with Crippen LogP contribution in [-0.2, 0) is 13.0 Å². The Kier molecular flexibility index (Phi) is 8.84. The Balaban J connectivity index is 1.26. The summed E-state index contributed by atoms with van der Waals surface area (Å²) in [5, 5.41) is 6.51. The number of aryl methyl sites for hydroxylation is 1. The summed E-state index contributed by atoms with van der Waals surface area (Å²) in [6.45, 7) is 5.52. The molecule has 0 atom stereocenters. The highest BCUT2D eigenvalue weighted by Crippen LogP contribution is 2.38. The van der Waals surface area contributed by atoms with Gasteiger partial charge >= 0.3 is 12.2 Å². The zero-order chi connectivity index (χ0) is 30.0. The summed E-state index contributed by atoms with van der Waals surface area (Å²) in [6, 6.07) is 10.8. The van der Waals surface area contributed by atoms with Crippen molar-refractivity contribution < 1.29 is 22.7 Å². The monoisotopic (exact) mass is 620 g/mol. The molecule has 3 N–H and O–H groups in total. The van der Waals surface area contributed by atoms with Crippen molar-refractivity contribution in [3.63, 3.8) is 0 Å². The molecule has 0 spiro atoms. The fourth-order valence-electron chi connectivity index (χ4n) is 4.84. The second kappa shape index (κ2) is 12.4. The minimum atomic E-state index is -4.38. The van der Waals surface area contributed by atoms with E-state index in [0.717, 1.165) is 26.2 Å². The van der Waals surface area contributed by atoms with Crippen molar-refractivity contribution in [3.8, 4) is 11.5 Å². The molecule has 0 unspecified atom stereocenters. The maximum absolute atomic E-state index is 13.4. The van der Waals surface area contributed by atoms with Gasteiger partial charge in [0.25, 0.3) is 0 Å². The van der Waals surface area contributed by atoms with Crippen LogP contribution in [0.15, 0.2) is 48.7 Å². The van der Waals surface area contributed by atoms with Gasteiger partial charge in [0, 0.05) is 50.3 Å². The molecule has 2 aromatic heterocycles. The van der Waals surface area contributed by atoms with E-state index in [2.05, 4.69) is 30.4 Å². The number of urea groups is 1. The first-order chi connectivity index (χ1) is 19.9. The lowest BCUT2D eigenvalue weighted by atomic mass is 10.0. The molecule has 5 rings (SSSR count). The average molecular weight is 621 g/mol. The third-order valence-corrected chi connectivity index (χ3v) is 7.83. The number of piperazine rings is 1. The van der Waals surface area contributed by atoms with Crippen LogP contribution in [0.3, 0.4) is 0 Å². The van der Waals surface area contributed by atoms with E-state index in [9.17, 15) is 18.0 Å². The summed E-state index contributed by atoms with van der Waals surface area (Å²) in [6.07, 6.45) is -3.88. The van der Waals surface area contributed by atoms with E-state index in [0.29, 0.717) is 50.9 Å². The van der Waals surface area contributed by atoms with Gasteiger partial charge in [-0.2, -0.15) is 13.2 Å². The van der Waals surface area contributed by atoms with Crippen molar-refractivity contribution in [2.45, 2.75) is 26.1 Å². The maximum atomic E-state index is 13.4. The third-order valence-electron chi connectivity index (χ3n) is 7.07. The number of amides is 2. The molecule has 0 radical (unpaired) electrons. The van der Waals surface area contributed by atoms with Crippen LogP contribution in [0.2, 0.25) is 10.2 Å². The van der Waals surface area contributed by atoms with E-state index in [1.165, 1.54) is 6.07 Å². The third kappa shape index (κ3) is 7.27. The summed E-state index contributed by atoms with van der Waals surface area (Å²) < 4.78 is 46.2. The van der Waals surface area contributed by atoms with Gasteiger partial charge in [0.15, 0.2) is 0 Å². The van der Waals surface area contributed by atoms with E-state index in [-0.39, 0.29) is 16.4 Å². The Labute approximate surface area is 250 Å². The van der Waals surface area contributed by atoms with E-state index >= 15 is 0 Å². The number of carbonyl (C=O) groups excluding carboxylic acids is 1. The number of rotatable bonds is 7. The molecular weight excluding hydrogens is 592 g/mol. The molecule has 1 saturated heterocycles. The van der Waals surface area contributed by atoms with Gasteiger partial charge in [-0.3, -0.25) is 4.90 Å². The van der Waals surface area contributed by atoms with Gasteiger partial charge in [-0.15, -0.1) is 0 Å². The van der Waals surface area contributed by atoms with Crippen molar-refractivity contribution in [3.05, 3.63) is 75.5 Å². The molecule has 3 heterocycles. The standard InChI is InChI=1S/C29H29Cl2F3N6O2/c1-17-13-21(42-23-7-8-35-27-24(23)25(30)26(31)38-27)5-6-22(17)37-28(41)36-20-4-3-18(19(14-20)15-29(32,33)34)16-40-11-9-39(2)10-12-40/h3-8,13-14H,9-12,15-16H2,1-2H3,(H,35,38)(H2,36,37,41). The van der Waals surface area contributed by atoms with Crippen molar-refractivity contribution >= 4 is 51.6 Å². The molecule has 222 valence electrons. The van der Waals surface area contributed by atoms with Gasteiger partial charge in [0.05, 0.1) is 16.8 Å². The molecule has 2 amide bonds. The highest BCUT2D eigenvalue weighted by Gasteiger charge is 2.29. The lowest BCUT2D eigenvalue weighted by Gasteiger charge is -2.33. The topological polar surface area (TPSA) is 85.5 Å². The summed E-state index contributed by atoms with van der Waals surface area (Å²) in [5.74, 6) is 0.948. The number of anilines is 2. The smallest absolute Gasteiger partial charge is 0.393 e. The number of halogens is 5. The number of nitrogens with one attached hydrogen (secondary N) is 3. The molecule has 0 bridgehead atoms. The van der Waals surface area contributed by atoms with E-state index in [1.54, 1.807) is 49.5 Å². The molecule has 0 saturated carbocycles. The number of aromatic nitrogens is 2. The highest BCUT2D eigenvalue weighted by molar-refractivity contribution is 6.45. The predicted octanol–water partition coefficient (Wildman–Crippen LogP) is 7.47. The predicted molar refractivity (Wildman–Crippen MR) is 159 cm³/mol. The van der Waals surface area contributed by atoms with E-state index in [1.807, 2.05) is 7.05 Å². The number of likely N-dealkylation sites (N-methyl/N-ethyl adjacent to an activating group) is 1. The number of hydrogen-bond donors (Lipinski definition) is 3. The first kappa shape index (κ1) is 30.0. The summed E-state index contributed by atoms with van der Waals surface area (Å²) in [5.41, 5.74) is 2.71. The second-order valence-electron chi connectivity index (χ2n) is 10.3. The van der Waals surface area contributed by atoms with Crippen LogP contribution in [0.25, 0.3) is 11.0 Å². The molecular formula is C29H29Cl2F3N6O2. The quantitative estimate of drug-likeness (QED) is 0.200. The van der Waals surface area contributed by atoms with E-state index in [4.69, 9.17) is 27.9 Å². The number of fused-ring (bicyclic) bond motifs is 1. The Morgan fingerprint density at radius 2 is 1.81 bits per heavy atom. The largest absolute Gasteiger partial charge is 0.456 e. The molecule has 2 aromatic carbocycles. The maximum Gasteiger partial charge on any atom is 0.393 e. The Hall–Kier alpha value is -3.51. The van der Waals surface area contributed by atoms with Crippen molar-refractivity contribution in [2.24, 2.45) is 0 Å². The fraction of sp³-hybridized carbons (Fsp3) is 0.310. The van der Waals surface area contributed by atoms with Crippen LogP contribution in [0.4, 0.5) is 29.3 Å². The summed E-state index contributed by atoms with van der Waals surface area (Å²) in [7, 11) is 2.03. The minimum Gasteiger partial charge on any atom is -0.456 e. The number of carbonyl (C=O) groups is 1. The Morgan fingerprint density at radius 3 is 2.52 bits per heavy atom. The lowest BCUT2D eigenvalue weighted by Crippen LogP contribution is -2.44. The van der Waals surface area contributed by atoms with Gasteiger partial charge in [-0.1, -0.05) is 29.3 Å². The van der Waals surface area contributed by atoms with Crippen molar-refractivity contribution in [1.82, 2.24) is 19.8 Å². The van der Waals surface area contributed by atoms with Gasteiger partial charge < -0.3 is 25.3 Å². The van der Waals surface area contributed by atoms with Crippen molar-refractivity contribution in [2.75, 3.05) is 43.9 Å². The number of aromatic amines is 1. The molecule has 1 fully saturated rings. The zero-order valence-corrected chi connectivity index (χ0v) is 24.4. The van der Waals surface area contributed by atoms with Gasteiger partial charge in [-0.05, 0) is 67.1 Å². The molecule has 8 nitrogen and oxygen atoms in total. The molecule has 13 heteroatoms. The lowest BCUT2D eigenvalue weighted by molar-refractivity contribution is -0.127. The van der Waals surface area contributed by atoms with Crippen LogP contribution >= 0.6 is 23.2 Å². The number of hydrogen-bond acceptors (Lipinski definition) is 5. The zero-order valence-electron chi connectivity index (χ0n) is 22.9. The van der Waals surface area contributed by atoms with Crippen LogP contribution in [0.5, 0.6) is 11.5 Å². The number of ether oxygens (including phenoxy) is 1. The summed E-state index contributed by atoms with van der Waals surface area (Å²) >= 11 is 12.4. The van der Waals surface area contributed by atoms with Crippen molar-refractivity contribution in [1.29, 1.82) is 0 Å². The first-order valence-electron chi connectivity index (χ1n) is 13.2. The second-order valence-corrected chi connectivity index (χ2v) is 11.1. The van der Waals surface area contributed by atoms with E-state index < -0.39 is 18.6 Å². The van der Waals surface area contributed by atoms with Crippen LogP contribution in [0.1, 0.15) is 16.7 Å². The van der Waals surface area contributed by atoms with Gasteiger partial charge in [0.1, 0.15) is 22.3 Å². The SMILES string of the molecule is Cc1cc(Oc2ccnc3[nH]c(Cl)c(Cl)c23)ccc1NC(=O)Nc1ccc(CN2CCN(C)CC2)c(CC(F)(F)F)c1. The van der Waals surface area contributed by atoms with Gasteiger partial charge in [-0.25, -0.2) is 9.78 Å². The molecule has 0 aliphatic carbocycles. The average Bonchev–Trinajstić information content (AvgIpc) is 3.21. The minimum absolute atomic E-state index is 0.144. The molecule has 1 aliphatic heterocycles. The fourth-order valence-corrected chi connectivity index (χ4v) is 5.26. The number of benzene rings is 2. The molecule has 42 heavy (non-hydrogen) atoms. The van der Waals surface area contributed by atoms with Crippen LogP contribution < -0.4 is 15.4 Å². The number of alkyl halides is 3. The number of nitrogens with zero attached hydrogens (tertiary/aromatic N) is 3. The number of pyridine rings is 1. The van der Waals surface area contributed by atoms with Crippen LogP contribution in [0, 0.1) is 6.92 Å². The summed E-state index contributed by atoms with van der Waals surface area (Å²) in [4.78, 5) is 24.2.